The van der Waals surface area contributed by atoms with E-state index in [1.54, 1.807) is 24.3 Å². The topological polar surface area (TPSA) is 102 Å². The van der Waals surface area contributed by atoms with Gasteiger partial charge in [-0.05, 0) is 42.8 Å². The van der Waals surface area contributed by atoms with Crippen molar-refractivity contribution in [3.63, 3.8) is 0 Å². The normalized spacial score (nSPS) is 15.0. The lowest BCUT2D eigenvalue weighted by atomic mass is 10.2. The average Bonchev–Trinajstić information content (AvgIpc) is 3.23. The molecule has 0 bridgehead atoms. The van der Waals surface area contributed by atoms with Crippen LogP contribution in [0, 0.1) is 6.92 Å². The van der Waals surface area contributed by atoms with Gasteiger partial charge in [-0.15, -0.1) is 0 Å². The summed E-state index contributed by atoms with van der Waals surface area (Å²) in [7, 11) is -3.40. The van der Waals surface area contributed by atoms with Gasteiger partial charge in [-0.3, -0.25) is 4.79 Å². The molecule has 4 rings (SSSR count). The van der Waals surface area contributed by atoms with Crippen LogP contribution in [0.4, 0.5) is 0 Å². The number of nitrogens with one attached hydrogen (secondary N) is 1. The summed E-state index contributed by atoms with van der Waals surface area (Å²) in [5, 5.41) is 2.66. The summed E-state index contributed by atoms with van der Waals surface area (Å²) in [4.78, 5) is 16.9. The van der Waals surface area contributed by atoms with E-state index in [9.17, 15) is 13.2 Å². The number of sulfonamides is 1. The van der Waals surface area contributed by atoms with E-state index in [2.05, 4.69) is 10.3 Å². The zero-order chi connectivity index (χ0) is 22.6. The Morgan fingerprint density at radius 2 is 1.94 bits per heavy atom. The minimum atomic E-state index is -3.40. The molecule has 1 N–H and O–H groups in total. The number of imidazole rings is 1. The van der Waals surface area contributed by atoms with Crippen LogP contribution in [0.2, 0.25) is 0 Å². The van der Waals surface area contributed by atoms with Crippen LogP contribution < -0.4 is 10.1 Å². The molecule has 0 spiro atoms. The Balaban J connectivity index is 1.27. The van der Waals surface area contributed by atoms with Gasteiger partial charge < -0.3 is 19.2 Å². The molecule has 32 heavy (non-hydrogen) atoms. The summed E-state index contributed by atoms with van der Waals surface area (Å²) in [6.45, 7) is 3.87. The van der Waals surface area contributed by atoms with Crippen molar-refractivity contribution in [3.05, 3.63) is 65.6 Å². The van der Waals surface area contributed by atoms with Gasteiger partial charge >= 0.3 is 0 Å². The number of hydrogen-bond acceptors (Lipinski definition) is 6. The second-order valence-corrected chi connectivity index (χ2v) is 9.64. The number of hydrogen-bond donors (Lipinski definition) is 1. The predicted octanol–water partition coefficient (Wildman–Crippen LogP) is 1.61. The number of benzene rings is 1. The Hall–Kier alpha value is -2.95. The van der Waals surface area contributed by atoms with Crippen molar-refractivity contribution in [2.75, 3.05) is 38.6 Å². The Bertz CT molecular complexity index is 1180. The third-order valence-corrected chi connectivity index (χ3v) is 7.11. The number of morpholine rings is 1. The van der Waals surface area contributed by atoms with Gasteiger partial charge in [-0.2, -0.15) is 4.31 Å². The molecular formula is C22H26N4O5S. The molecule has 1 amide bonds. The Morgan fingerprint density at radius 1 is 1.19 bits per heavy atom. The Kier molecular flexibility index (Phi) is 6.73. The van der Waals surface area contributed by atoms with Crippen LogP contribution in [0.1, 0.15) is 21.6 Å². The smallest absolute Gasteiger partial charge is 0.251 e. The molecule has 0 aliphatic carbocycles. The molecule has 10 heteroatoms. The van der Waals surface area contributed by atoms with E-state index < -0.39 is 10.0 Å². The number of fused-ring (bicyclic) bond motifs is 1. The highest BCUT2D eigenvalue weighted by atomic mass is 32.2. The van der Waals surface area contributed by atoms with Gasteiger partial charge in [-0.1, -0.05) is 6.07 Å². The summed E-state index contributed by atoms with van der Waals surface area (Å²) in [6, 6.07) is 10.7. The first-order chi connectivity index (χ1) is 15.4. The van der Waals surface area contributed by atoms with Crippen LogP contribution >= 0.6 is 0 Å². The van der Waals surface area contributed by atoms with Gasteiger partial charge in [0.15, 0.2) is 0 Å². The fraction of sp³-hybridized carbons (Fsp3) is 0.364. The van der Waals surface area contributed by atoms with Crippen molar-refractivity contribution in [3.8, 4) is 5.75 Å². The van der Waals surface area contributed by atoms with Gasteiger partial charge in [-0.25, -0.2) is 13.4 Å². The number of rotatable bonds is 8. The number of nitrogens with zero attached hydrogens (tertiary/aromatic N) is 3. The first kappa shape index (κ1) is 22.3. The monoisotopic (exact) mass is 458 g/mol. The first-order valence-electron chi connectivity index (χ1n) is 10.4. The molecule has 0 atom stereocenters. The highest BCUT2D eigenvalue weighted by Gasteiger charge is 2.24. The van der Waals surface area contributed by atoms with Gasteiger partial charge in [0.05, 0.1) is 24.7 Å². The molecule has 3 heterocycles. The molecule has 2 aromatic heterocycles. The van der Waals surface area contributed by atoms with Crippen molar-refractivity contribution in [2.45, 2.75) is 13.5 Å². The number of carbonyl (C=O) groups excluding carboxylic acids is 1. The summed E-state index contributed by atoms with van der Waals surface area (Å²) in [6.07, 6.45) is 3.87. The highest BCUT2D eigenvalue weighted by Crippen LogP contribution is 2.16. The largest absolute Gasteiger partial charge is 0.487 e. The first-order valence-corrected chi connectivity index (χ1v) is 12.0. The van der Waals surface area contributed by atoms with E-state index >= 15 is 0 Å². The molecule has 1 fully saturated rings. The lowest BCUT2D eigenvalue weighted by Gasteiger charge is -2.26. The quantitative estimate of drug-likeness (QED) is 0.550. The maximum atomic E-state index is 12.3. The van der Waals surface area contributed by atoms with Crippen molar-refractivity contribution < 1.29 is 22.7 Å². The minimum absolute atomic E-state index is 0.0457. The van der Waals surface area contributed by atoms with Crippen LogP contribution in [-0.4, -0.2) is 66.6 Å². The molecule has 1 aliphatic rings. The predicted molar refractivity (Wildman–Crippen MR) is 119 cm³/mol. The Morgan fingerprint density at radius 3 is 2.66 bits per heavy atom. The zero-order valence-electron chi connectivity index (χ0n) is 17.9. The van der Waals surface area contributed by atoms with Crippen molar-refractivity contribution in [1.82, 2.24) is 19.0 Å². The highest BCUT2D eigenvalue weighted by molar-refractivity contribution is 7.89. The molecule has 1 aromatic carbocycles. The summed E-state index contributed by atoms with van der Waals surface area (Å²) >= 11 is 0. The summed E-state index contributed by atoms with van der Waals surface area (Å²) in [5.41, 5.74) is 3.23. The molecule has 0 radical (unpaired) electrons. The molecule has 9 nitrogen and oxygen atoms in total. The fourth-order valence-corrected chi connectivity index (χ4v) is 4.81. The lowest BCUT2D eigenvalue weighted by molar-refractivity contribution is 0.0730. The van der Waals surface area contributed by atoms with E-state index in [0.717, 1.165) is 16.9 Å². The number of pyridine rings is 1. The molecule has 3 aromatic rings. The maximum absolute atomic E-state index is 12.3. The third kappa shape index (κ3) is 5.26. The second kappa shape index (κ2) is 9.68. The number of ether oxygens (including phenoxy) is 2. The maximum Gasteiger partial charge on any atom is 0.251 e. The van der Waals surface area contributed by atoms with E-state index in [0.29, 0.717) is 44.2 Å². The molecular weight excluding hydrogens is 432 g/mol. The van der Waals surface area contributed by atoms with Crippen LogP contribution in [0.3, 0.4) is 0 Å². The number of amides is 1. The van der Waals surface area contributed by atoms with Crippen LogP contribution in [0.5, 0.6) is 5.75 Å². The number of aromatic nitrogens is 2. The van der Waals surface area contributed by atoms with E-state index in [1.165, 1.54) is 4.31 Å². The van der Waals surface area contributed by atoms with Crippen molar-refractivity contribution in [2.24, 2.45) is 0 Å². The molecule has 170 valence electrons. The van der Waals surface area contributed by atoms with Crippen molar-refractivity contribution >= 4 is 21.6 Å². The minimum Gasteiger partial charge on any atom is -0.487 e. The van der Waals surface area contributed by atoms with Crippen LogP contribution in [0.25, 0.3) is 5.65 Å². The van der Waals surface area contributed by atoms with Crippen LogP contribution in [0.15, 0.2) is 48.8 Å². The lowest BCUT2D eigenvalue weighted by Crippen LogP contribution is -2.43. The van der Waals surface area contributed by atoms with Crippen molar-refractivity contribution in [1.29, 1.82) is 0 Å². The zero-order valence-corrected chi connectivity index (χ0v) is 18.7. The van der Waals surface area contributed by atoms with Gasteiger partial charge in [0.25, 0.3) is 5.91 Å². The third-order valence-electron chi connectivity index (χ3n) is 5.24. The van der Waals surface area contributed by atoms with Gasteiger partial charge in [0, 0.05) is 37.6 Å². The van der Waals surface area contributed by atoms with E-state index in [-0.39, 0.29) is 18.2 Å². The summed E-state index contributed by atoms with van der Waals surface area (Å²) in [5.74, 6) is 0.146. The molecule has 0 unspecified atom stereocenters. The fourth-order valence-electron chi connectivity index (χ4n) is 3.48. The van der Waals surface area contributed by atoms with Crippen LogP contribution in [-0.2, 0) is 21.4 Å². The van der Waals surface area contributed by atoms with Gasteiger partial charge in [0.2, 0.25) is 10.0 Å². The average molecular weight is 459 g/mol. The number of carbonyl (C=O) groups is 1. The Labute approximate surface area is 187 Å². The SMILES string of the molecule is Cc1cccn2cc(COc3ccc(C(=O)NCCS(=O)(=O)N4CCOCC4)cc3)nc12. The van der Waals surface area contributed by atoms with E-state index in [4.69, 9.17) is 9.47 Å². The van der Waals surface area contributed by atoms with Gasteiger partial charge in [0.1, 0.15) is 18.0 Å². The molecule has 1 aliphatic heterocycles. The van der Waals surface area contributed by atoms with E-state index in [1.807, 2.05) is 35.9 Å². The second-order valence-electron chi connectivity index (χ2n) is 7.55. The molecule has 1 saturated heterocycles. The standard InChI is InChI=1S/C22H26N4O5S/c1-17-3-2-9-25-15-19(24-21(17)25)16-31-20-6-4-18(5-7-20)22(27)23-8-14-32(28,29)26-10-12-30-13-11-26/h2-7,9,15H,8,10-14,16H2,1H3,(H,23,27). The number of aryl methyl sites for hydroxylation is 1. The molecule has 0 saturated carbocycles. The summed E-state index contributed by atoms with van der Waals surface area (Å²) < 4.78 is 38.9.